The van der Waals surface area contributed by atoms with Gasteiger partial charge in [0.25, 0.3) is 5.91 Å². The Balaban J connectivity index is 2.59. The summed E-state index contributed by atoms with van der Waals surface area (Å²) in [6.45, 7) is 1.35. The van der Waals surface area contributed by atoms with Gasteiger partial charge in [-0.25, -0.2) is 4.90 Å². The van der Waals surface area contributed by atoms with Crippen molar-refractivity contribution < 1.29 is 9.59 Å². The number of carbonyl (C=O) groups excluding carboxylic acids is 2. The molecule has 2 amide bonds. The first-order valence-electron chi connectivity index (χ1n) is 4.20. The third-order valence-corrected chi connectivity index (χ3v) is 2.62. The van der Waals surface area contributed by atoms with Gasteiger partial charge in [0.2, 0.25) is 5.91 Å². The third-order valence-electron chi connectivity index (χ3n) is 2.20. The highest BCUT2D eigenvalue weighted by atomic mass is 35.5. The van der Waals surface area contributed by atoms with Crippen LogP contribution in [0.1, 0.15) is 17.9 Å². The van der Waals surface area contributed by atoms with Gasteiger partial charge in [0.05, 0.1) is 5.69 Å². The van der Waals surface area contributed by atoms with E-state index in [0.29, 0.717) is 11.3 Å². The molecule has 0 N–H and O–H groups in total. The molecule has 1 aromatic rings. The fourth-order valence-corrected chi connectivity index (χ4v) is 1.88. The van der Waals surface area contributed by atoms with Crippen molar-refractivity contribution in [2.45, 2.75) is 12.3 Å². The second-order valence-electron chi connectivity index (χ2n) is 3.11. The number of benzene rings is 1. The molecule has 1 atom stereocenters. The van der Waals surface area contributed by atoms with Crippen LogP contribution in [0.2, 0.25) is 0 Å². The lowest BCUT2D eigenvalue weighted by Crippen LogP contribution is -2.32. The fraction of sp³-hybridized carbons (Fsp3) is 0.200. The molecule has 1 unspecified atom stereocenters. The SMILES string of the molecule is CC(=O)N1C(=O)C(Cl)c2ccccc21. The molecule has 0 fully saturated rings. The molecule has 0 spiro atoms. The van der Waals surface area contributed by atoms with Crippen molar-refractivity contribution in [2.75, 3.05) is 4.90 Å². The number of alkyl halides is 1. The fourth-order valence-electron chi connectivity index (χ4n) is 1.60. The van der Waals surface area contributed by atoms with Crippen molar-refractivity contribution in [1.82, 2.24) is 0 Å². The Bertz CT molecular complexity index is 416. The average molecular weight is 210 g/mol. The van der Waals surface area contributed by atoms with E-state index in [9.17, 15) is 9.59 Å². The molecular weight excluding hydrogens is 202 g/mol. The van der Waals surface area contributed by atoms with Gasteiger partial charge in [0, 0.05) is 12.5 Å². The van der Waals surface area contributed by atoms with Crippen LogP contribution in [0.4, 0.5) is 5.69 Å². The van der Waals surface area contributed by atoms with Gasteiger partial charge >= 0.3 is 0 Å². The second kappa shape index (κ2) is 3.10. The van der Waals surface area contributed by atoms with Crippen LogP contribution in [-0.2, 0) is 9.59 Å². The van der Waals surface area contributed by atoms with E-state index in [1.807, 2.05) is 0 Å². The average Bonchev–Trinajstić information content (AvgIpc) is 2.41. The normalized spacial score (nSPS) is 19.7. The Morgan fingerprint density at radius 3 is 2.71 bits per heavy atom. The minimum atomic E-state index is -0.727. The number of nitrogens with zero attached hydrogens (tertiary/aromatic N) is 1. The predicted molar refractivity (Wildman–Crippen MR) is 53.2 cm³/mol. The number of carbonyl (C=O) groups is 2. The van der Waals surface area contributed by atoms with E-state index >= 15 is 0 Å². The summed E-state index contributed by atoms with van der Waals surface area (Å²) in [5, 5.41) is -0.727. The van der Waals surface area contributed by atoms with E-state index in [2.05, 4.69) is 0 Å². The topological polar surface area (TPSA) is 37.4 Å². The van der Waals surface area contributed by atoms with Crippen LogP contribution in [0.3, 0.4) is 0 Å². The molecule has 0 saturated heterocycles. The van der Waals surface area contributed by atoms with Gasteiger partial charge in [-0.05, 0) is 6.07 Å². The summed E-state index contributed by atoms with van der Waals surface area (Å²) in [6, 6.07) is 7.05. The summed E-state index contributed by atoms with van der Waals surface area (Å²) < 4.78 is 0. The molecule has 1 aliphatic heterocycles. The first-order chi connectivity index (χ1) is 6.63. The van der Waals surface area contributed by atoms with E-state index in [1.54, 1.807) is 24.3 Å². The van der Waals surface area contributed by atoms with E-state index in [1.165, 1.54) is 6.92 Å². The molecule has 72 valence electrons. The van der Waals surface area contributed by atoms with Crippen molar-refractivity contribution in [3.05, 3.63) is 29.8 Å². The summed E-state index contributed by atoms with van der Waals surface area (Å²) in [4.78, 5) is 23.9. The quantitative estimate of drug-likeness (QED) is 0.612. The van der Waals surface area contributed by atoms with Crippen LogP contribution in [0.5, 0.6) is 0 Å². The smallest absolute Gasteiger partial charge is 0.256 e. The minimum absolute atomic E-state index is 0.300. The van der Waals surface area contributed by atoms with E-state index in [0.717, 1.165) is 4.90 Å². The summed E-state index contributed by atoms with van der Waals surface area (Å²) in [5.41, 5.74) is 1.30. The Morgan fingerprint density at radius 2 is 2.07 bits per heavy atom. The molecule has 0 aromatic heterocycles. The minimum Gasteiger partial charge on any atom is -0.274 e. The predicted octanol–water partition coefficient (Wildman–Crippen LogP) is 1.86. The molecule has 1 heterocycles. The van der Waals surface area contributed by atoms with Crippen LogP contribution in [0, 0.1) is 0 Å². The number of para-hydroxylation sites is 1. The maximum absolute atomic E-state index is 11.6. The molecule has 3 nitrogen and oxygen atoms in total. The van der Waals surface area contributed by atoms with E-state index < -0.39 is 5.38 Å². The van der Waals surface area contributed by atoms with Gasteiger partial charge in [0.1, 0.15) is 5.38 Å². The third kappa shape index (κ3) is 1.13. The maximum Gasteiger partial charge on any atom is 0.256 e. The lowest BCUT2D eigenvalue weighted by atomic mass is 10.2. The summed E-state index contributed by atoms with van der Waals surface area (Å²) in [7, 11) is 0. The lowest BCUT2D eigenvalue weighted by Gasteiger charge is -2.11. The van der Waals surface area contributed by atoms with Crippen LogP contribution >= 0.6 is 11.6 Å². The first-order valence-corrected chi connectivity index (χ1v) is 4.64. The van der Waals surface area contributed by atoms with Gasteiger partial charge in [-0.2, -0.15) is 0 Å². The first kappa shape index (κ1) is 9.21. The van der Waals surface area contributed by atoms with Gasteiger partial charge in [0.15, 0.2) is 0 Å². The van der Waals surface area contributed by atoms with Crippen molar-refractivity contribution in [3.8, 4) is 0 Å². The lowest BCUT2D eigenvalue weighted by molar-refractivity contribution is -0.124. The number of amides is 2. The number of anilines is 1. The Hall–Kier alpha value is -1.35. The highest BCUT2D eigenvalue weighted by Crippen LogP contribution is 2.39. The number of halogens is 1. The van der Waals surface area contributed by atoms with Crippen LogP contribution in [-0.4, -0.2) is 11.8 Å². The Morgan fingerprint density at radius 1 is 1.43 bits per heavy atom. The number of hydrogen-bond acceptors (Lipinski definition) is 2. The van der Waals surface area contributed by atoms with Crippen molar-refractivity contribution in [3.63, 3.8) is 0 Å². The van der Waals surface area contributed by atoms with Crippen LogP contribution in [0.25, 0.3) is 0 Å². The van der Waals surface area contributed by atoms with Crippen LogP contribution in [0.15, 0.2) is 24.3 Å². The van der Waals surface area contributed by atoms with Crippen LogP contribution < -0.4 is 4.90 Å². The molecule has 14 heavy (non-hydrogen) atoms. The molecular formula is C10H8ClNO2. The number of rotatable bonds is 0. The molecule has 4 heteroatoms. The summed E-state index contributed by atoms with van der Waals surface area (Å²) in [6.07, 6.45) is 0. The van der Waals surface area contributed by atoms with E-state index in [4.69, 9.17) is 11.6 Å². The second-order valence-corrected chi connectivity index (χ2v) is 3.55. The Labute approximate surface area is 86.3 Å². The molecule has 0 saturated carbocycles. The van der Waals surface area contributed by atoms with Crippen molar-refractivity contribution >= 4 is 29.1 Å². The van der Waals surface area contributed by atoms with Gasteiger partial charge in [-0.1, -0.05) is 18.2 Å². The molecule has 0 radical (unpaired) electrons. The zero-order chi connectivity index (χ0) is 10.3. The summed E-state index contributed by atoms with van der Waals surface area (Å²) >= 11 is 5.89. The summed E-state index contributed by atoms with van der Waals surface area (Å²) in [5.74, 6) is -0.661. The maximum atomic E-state index is 11.6. The van der Waals surface area contributed by atoms with Gasteiger partial charge < -0.3 is 0 Å². The number of fused-ring (bicyclic) bond motifs is 1. The molecule has 1 aromatic carbocycles. The standard InChI is InChI=1S/C10H8ClNO2/c1-6(13)12-8-5-3-2-4-7(8)9(11)10(12)14/h2-5,9H,1H3. The van der Waals surface area contributed by atoms with Crippen molar-refractivity contribution in [2.24, 2.45) is 0 Å². The largest absolute Gasteiger partial charge is 0.274 e. The van der Waals surface area contributed by atoms with Gasteiger partial charge in [-0.3, -0.25) is 9.59 Å². The molecule has 0 bridgehead atoms. The molecule has 2 rings (SSSR count). The highest BCUT2D eigenvalue weighted by molar-refractivity contribution is 6.39. The number of imide groups is 1. The Kier molecular flexibility index (Phi) is 2.04. The van der Waals surface area contributed by atoms with E-state index in [-0.39, 0.29) is 11.8 Å². The molecule has 1 aliphatic rings. The zero-order valence-electron chi connectivity index (χ0n) is 7.53. The number of hydrogen-bond donors (Lipinski definition) is 0. The van der Waals surface area contributed by atoms with Crippen molar-refractivity contribution in [1.29, 1.82) is 0 Å². The molecule has 0 aliphatic carbocycles. The highest BCUT2D eigenvalue weighted by Gasteiger charge is 2.37. The monoisotopic (exact) mass is 209 g/mol. The zero-order valence-corrected chi connectivity index (χ0v) is 8.28. The van der Waals surface area contributed by atoms with Gasteiger partial charge in [-0.15, -0.1) is 11.6 Å².